The zero-order valence-electron chi connectivity index (χ0n) is 26.0. The Labute approximate surface area is 261 Å². The van der Waals surface area contributed by atoms with Gasteiger partial charge in [-0.1, -0.05) is 107 Å². The fourth-order valence-corrected chi connectivity index (χ4v) is 7.78. The predicted molar refractivity (Wildman–Crippen MR) is 186 cm³/mol. The SMILES string of the molecule is CC1(C)C2=C(C=CCC2)N2c3ccc(-c4ccc(N(c5ccccc5)c5ccccc5)cc4)cc3C(C)(C)c3cccc1c32. The summed E-state index contributed by atoms with van der Waals surface area (Å²) in [6.07, 6.45) is 6.96. The summed E-state index contributed by atoms with van der Waals surface area (Å²) in [6.45, 7) is 9.63. The zero-order valence-corrected chi connectivity index (χ0v) is 26.0. The van der Waals surface area contributed by atoms with Crippen LogP contribution in [0.25, 0.3) is 11.1 Å². The molecule has 2 heteroatoms. The Morgan fingerprint density at radius 3 is 1.82 bits per heavy atom. The van der Waals surface area contributed by atoms with Crippen LogP contribution in [0.1, 0.15) is 57.2 Å². The molecule has 0 fully saturated rings. The van der Waals surface area contributed by atoms with Crippen LogP contribution in [0.4, 0.5) is 28.4 Å². The Morgan fingerprint density at radius 1 is 0.568 bits per heavy atom. The van der Waals surface area contributed by atoms with Crippen LogP contribution in [0, 0.1) is 0 Å². The van der Waals surface area contributed by atoms with Gasteiger partial charge in [0, 0.05) is 33.6 Å². The van der Waals surface area contributed by atoms with Crippen molar-refractivity contribution in [3.63, 3.8) is 0 Å². The quantitative estimate of drug-likeness (QED) is 0.212. The molecule has 0 spiro atoms. The highest BCUT2D eigenvalue weighted by molar-refractivity contribution is 5.89. The molecule has 5 aromatic rings. The number of hydrogen-bond acceptors (Lipinski definition) is 2. The second-order valence-electron chi connectivity index (χ2n) is 13.4. The zero-order chi connectivity index (χ0) is 30.1. The van der Waals surface area contributed by atoms with Crippen LogP contribution in [-0.2, 0) is 10.8 Å². The summed E-state index contributed by atoms with van der Waals surface area (Å²) in [5.41, 5.74) is 15.7. The Hall–Kier alpha value is -4.82. The van der Waals surface area contributed by atoms with E-state index in [-0.39, 0.29) is 10.8 Å². The third-order valence-electron chi connectivity index (χ3n) is 10.1. The first-order valence-electron chi connectivity index (χ1n) is 15.9. The van der Waals surface area contributed by atoms with Crippen LogP contribution in [-0.4, -0.2) is 0 Å². The van der Waals surface area contributed by atoms with E-state index in [0.717, 1.165) is 29.9 Å². The normalized spacial score (nSPS) is 17.0. The maximum atomic E-state index is 2.58. The molecule has 0 atom stereocenters. The molecule has 0 saturated heterocycles. The van der Waals surface area contributed by atoms with Crippen molar-refractivity contribution in [1.82, 2.24) is 0 Å². The van der Waals surface area contributed by atoms with Crippen LogP contribution in [0.15, 0.2) is 145 Å². The minimum Gasteiger partial charge on any atom is -0.311 e. The first-order chi connectivity index (χ1) is 21.4. The highest BCUT2D eigenvalue weighted by Gasteiger charge is 2.46. The fraction of sp³-hybridized carbons (Fsp3) is 0.190. The predicted octanol–water partition coefficient (Wildman–Crippen LogP) is 11.5. The lowest BCUT2D eigenvalue weighted by Crippen LogP contribution is -2.40. The van der Waals surface area contributed by atoms with E-state index in [1.54, 1.807) is 5.57 Å². The molecular weight excluding hydrogens is 532 g/mol. The number of para-hydroxylation sites is 3. The van der Waals surface area contributed by atoms with Gasteiger partial charge in [0.2, 0.25) is 0 Å². The van der Waals surface area contributed by atoms with Gasteiger partial charge in [0.25, 0.3) is 0 Å². The summed E-state index contributed by atoms with van der Waals surface area (Å²) in [4.78, 5) is 4.89. The average molecular weight is 571 g/mol. The van der Waals surface area contributed by atoms with E-state index in [9.17, 15) is 0 Å². The lowest BCUT2D eigenvalue weighted by Gasteiger charge is -2.50. The monoisotopic (exact) mass is 570 g/mol. The number of anilines is 5. The second-order valence-corrected chi connectivity index (χ2v) is 13.4. The molecule has 0 bridgehead atoms. The van der Waals surface area contributed by atoms with Crippen molar-refractivity contribution in [3.05, 3.63) is 161 Å². The highest BCUT2D eigenvalue weighted by Crippen LogP contribution is 2.59. The Kier molecular flexibility index (Phi) is 6.00. The number of nitrogens with zero attached hydrogens (tertiary/aromatic N) is 2. The molecule has 2 aliphatic heterocycles. The number of hydrogen-bond donors (Lipinski definition) is 0. The maximum Gasteiger partial charge on any atom is 0.0543 e. The van der Waals surface area contributed by atoms with Crippen molar-refractivity contribution < 1.29 is 0 Å². The van der Waals surface area contributed by atoms with Gasteiger partial charge < -0.3 is 9.80 Å². The summed E-state index contributed by atoms with van der Waals surface area (Å²) in [5, 5.41) is 0. The average Bonchev–Trinajstić information content (AvgIpc) is 3.06. The van der Waals surface area contributed by atoms with Crippen molar-refractivity contribution in [3.8, 4) is 11.1 Å². The molecule has 0 saturated carbocycles. The molecular formula is C42H38N2. The van der Waals surface area contributed by atoms with Crippen molar-refractivity contribution in [1.29, 1.82) is 0 Å². The smallest absolute Gasteiger partial charge is 0.0543 e. The molecule has 44 heavy (non-hydrogen) atoms. The minimum atomic E-state index is -0.128. The van der Waals surface area contributed by atoms with Gasteiger partial charge in [-0.3, -0.25) is 0 Å². The minimum absolute atomic E-state index is 0.0184. The van der Waals surface area contributed by atoms with Gasteiger partial charge in [-0.2, -0.15) is 0 Å². The van der Waals surface area contributed by atoms with E-state index in [0.29, 0.717) is 0 Å². The number of allylic oxidation sites excluding steroid dienone is 3. The van der Waals surface area contributed by atoms with E-state index in [1.807, 2.05) is 0 Å². The van der Waals surface area contributed by atoms with Gasteiger partial charge in [-0.05, 0) is 101 Å². The molecule has 2 nitrogen and oxygen atoms in total. The summed E-state index contributed by atoms with van der Waals surface area (Å²) in [6, 6.07) is 44.3. The van der Waals surface area contributed by atoms with Crippen LogP contribution in [0.2, 0.25) is 0 Å². The van der Waals surface area contributed by atoms with E-state index >= 15 is 0 Å². The summed E-state index contributed by atoms with van der Waals surface area (Å²) >= 11 is 0. The molecule has 0 N–H and O–H groups in total. The first-order valence-corrected chi connectivity index (χ1v) is 15.9. The van der Waals surface area contributed by atoms with Crippen LogP contribution < -0.4 is 9.80 Å². The van der Waals surface area contributed by atoms with Crippen molar-refractivity contribution in [2.45, 2.75) is 51.4 Å². The molecule has 0 amide bonds. The second kappa shape index (κ2) is 9.86. The Balaban J connectivity index is 1.23. The molecule has 2 heterocycles. The molecule has 0 aromatic heterocycles. The van der Waals surface area contributed by atoms with Gasteiger partial charge in [0.1, 0.15) is 0 Å². The molecule has 216 valence electrons. The summed E-state index contributed by atoms with van der Waals surface area (Å²) in [5.74, 6) is 0. The van der Waals surface area contributed by atoms with E-state index in [4.69, 9.17) is 0 Å². The van der Waals surface area contributed by atoms with E-state index in [1.165, 1.54) is 44.9 Å². The van der Waals surface area contributed by atoms with Gasteiger partial charge in [0.15, 0.2) is 0 Å². The fourth-order valence-electron chi connectivity index (χ4n) is 7.78. The van der Waals surface area contributed by atoms with Crippen molar-refractivity contribution in [2.75, 3.05) is 9.80 Å². The van der Waals surface area contributed by atoms with Crippen molar-refractivity contribution in [2.24, 2.45) is 0 Å². The number of benzene rings is 5. The third kappa shape index (κ3) is 3.94. The van der Waals surface area contributed by atoms with Gasteiger partial charge >= 0.3 is 0 Å². The Morgan fingerprint density at radius 2 is 1.16 bits per heavy atom. The van der Waals surface area contributed by atoms with Crippen LogP contribution in [0.5, 0.6) is 0 Å². The molecule has 0 unspecified atom stereocenters. The van der Waals surface area contributed by atoms with Gasteiger partial charge in [-0.25, -0.2) is 0 Å². The van der Waals surface area contributed by atoms with Gasteiger partial charge in [0.05, 0.1) is 11.4 Å². The summed E-state index contributed by atoms with van der Waals surface area (Å²) in [7, 11) is 0. The molecule has 0 radical (unpaired) electrons. The lowest BCUT2D eigenvalue weighted by molar-refractivity contribution is 0.555. The van der Waals surface area contributed by atoms with Gasteiger partial charge in [-0.15, -0.1) is 0 Å². The maximum absolute atomic E-state index is 2.58. The van der Waals surface area contributed by atoms with Crippen LogP contribution >= 0.6 is 0 Å². The largest absolute Gasteiger partial charge is 0.311 e. The number of rotatable bonds is 4. The van der Waals surface area contributed by atoms with E-state index in [2.05, 4.69) is 171 Å². The van der Waals surface area contributed by atoms with Crippen LogP contribution in [0.3, 0.4) is 0 Å². The molecule has 8 rings (SSSR count). The lowest BCUT2D eigenvalue weighted by atomic mass is 9.65. The molecule has 1 aliphatic carbocycles. The molecule has 5 aromatic carbocycles. The first kappa shape index (κ1) is 26.8. The topological polar surface area (TPSA) is 6.48 Å². The standard InChI is InChI=1S/C42H38N2/c1-41(2)34-18-11-12-21-38(34)44-39-27-24-30(28-37(39)42(3,4)36-20-13-19-35(41)40(36)44)29-22-25-33(26-23-29)43(31-14-7-5-8-15-31)32-16-9-6-10-17-32/h5-10,12-17,19-28H,11,18H2,1-4H3. The van der Waals surface area contributed by atoms with E-state index < -0.39 is 0 Å². The highest BCUT2D eigenvalue weighted by atomic mass is 15.2. The molecule has 3 aliphatic rings. The van der Waals surface area contributed by atoms with Crippen molar-refractivity contribution >= 4 is 28.4 Å². The Bertz CT molecular complexity index is 1900. The number of fused-ring (bicyclic) bond motifs is 3. The summed E-state index contributed by atoms with van der Waals surface area (Å²) < 4.78 is 0. The third-order valence-corrected chi connectivity index (χ3v) is 10.1.